The van der Waals surface area contributed by atoms with Crippen LogP contribution in [0.25, 0.3) is 0 Å². The third-order valence-electron chi connectivity index (χ3n) is 1.31. The Morgan fingerprint density at radius 2 is 1.92 bits per heavy atom. The minimum atomic E-state index is -0.387. The molecule has 0 aromatic rings. The molecule has 13 heavy (non-hydrogen) atoms. The van der Waals surface area contributed by atoms with Crippen molar-refractivity contribution in [2.24, 2.45) is 5.90 Å². The second-order valence-corrected chi connectivity index (χ2v) is 3.91. The van der Waals surface area contributed by atoms with Crippen molar-refractivity contribution in [2.75, 3.05) is 6.61 Å². The normalized spacial score (nSPS) is 11.4. The van der Waals surface area contributed by atoms with E-state index >= 15 is 0 Å². The summed E-state index contributed by atoms with van der Waals surface area (Å²) in [6.07, 6.45) is 1.97. The maximum atomic E-state index is 11.1. The fourth-order valence-electron chi connectivity index (χ4n) is 0.847. The molecule has 0 bridgehead atoms. The van der Waals surface area contributed by atoms with Crippen LogP contribution in [0.15, 0.2) is 0 Å². The Balaban J connectivity index is 3.41. The zero-order valence-corrected chi connectivity index (χ0v) is 8.63. The van der Waals surface area contributed by atoms with Crippen LogP contribution in [0.3, 0.4) is 0 Å². The first-order chi connectivity index (χ1) is 5.95. The van der Waals surface area contributed by atoms with E-state index in [1.165, 1.54) is 0 Å². The number of hydrogen-bond donors (Lipinski definition) is 1. The van der Waals surface area contributed by atoms with Crippen LogP contribution < -0.4 is 5.90 Å². The van der Waals surface area contributed by atoms with Crippen LogP contribution in [0.4, 0.5) is 0 Å². The van der Waals surface area contributed by atoms with Crippen molar-refractivity contribution in [2.45, 2.75) is 45.6 Å². The summed E-state index contributed by atoms with van der Waals surface area (Å²) in [5, 5.41) is 0. The Hall–Kier alpha value is -0.610. The molecule has 78 valence electrons. The van der Waals surface area contributed by atoms with Crippen molar-refractivity contribution in [3.05, 3.63) is 0 Å². The number of ether oxygens (including phenoxy) is 1. The zero-order chi connectivity index (χ0) is 10.3. The Kier molecular flexibility index (Phi) is 5.66. The number of rotatable bonds is 5. The standard InChI is InChI=1S/C9H19NO3/c1-9(2,3)13-8(11)6-4-5-7-12-10/h4-7,10H2,1-3H3. The monoisotopic (exact) mass is 189 g/mol. The molecule has 0 saturated heterocycles. The van der Waals surface area contributed by atoms with E-state index in [0.29, 0.717) is 13.0 Å². The highest BCUT2D eigenvalue weighted by molar-refractivity contribution is 5.69. The molecule has 0 atom stereocenters. The number of hydrogen-bond acceptors (Lipinski definition) is 4. The van der Waals surface area contributed by atoms with Gasteiger partial charge < -0.3 is 9.57 Å². The van der Waals surface area contributed by atoms with Gasteiger partial charge in [0.05, 0.1) is 6.61 Å². The van der Waals surface area contributed by atoms with E-state index in [-0.39, 0.29) is 11.6 Å². The minimum absolute atomic E-state index is 0.162. The van der Waals surface area contributed by atoms with Gasteiger partial charge >= 0.3 is 5.97 Å². The lowest BCUT2D eigenvalue weighted by Gasteiger charge is -2.19. The van der Waals surface area contributed by atoms with Gasteiger partial charge in [0.25, 0.3) is 0 Å². The summed E-state index contributed by atoms with van der Waals surface area (Å²) in [6, 6.07) is 0. The van der Waals surface area contributed by atoms with Gasteiger partial charge in [-0.3, -0.25) is 4.79 Å². The summed E-state index contributed by atoms with van der Waals surface area (Å²) in [6.45, 7) is 6.05. The third-order valence-corrected chi connectivity index (χ3v) is 1.31. The molecule has 4 nitrogen and oxygen atoms in total. The van der Waals surface area contributed by atoms with Crippen molar-refractivity contribution in [3.8, 4) is 0 Å². The van der Waals surface area contributed by atoms with Crippen LogP contribution in [0.2, 0.25) is 0 Å². The van der Waals surface area contributed by atoms with Crippen LogP contribution in [0.1, 0.15) is 40.0 Å². The van der Waals surface area contributed by atoms with Crippen molar-refractivity contribution in [1.82, 2.24) is 0 Å². The van der Waals surface area contributed by atoms with Crippen LogP contribution >= 0.6 is 0 Å². The molecule has 0 aliphatic rings. The molecule has 0 aliphatic heterocycles. The molecule has 0 amide bonds. The lowest BCUT2D eigenvalue weighted by Crippen LogP contribution is -2.23. The van der Waals surface area contributed by atoms with Crippen molar-refractivity contribution in [1.29, 1.82) is 0 Å². The topological polar surface area (TPSA) is 61.5 Å². The van der Waals surface area contributed by atoms with E-state index in [1.807, 2.05) is 20.8 Å². The van der Waals surface area contributed by atoms with E-state index < -0.39 is 0 Å². The second kappa shape index (κ2) is 5.94. The largest absolute Gasteiger partial charge is 0.460 e. The van der Waals surface area contributed by atoms with Crippen molar-refractivity contribution < 1.29 is 14.4 Å². The Bertz CT molecular complexity index is 151. The first-order valence-electron chi connectivity index (χ1n) is 4.49. The van der Waals surface area contributed by atoms with E-state index in [2.05, 4.69) is 4.84 Å². The van der Waals surface area contributed by atoms with E-state index in [9.17, 15) is 4.79 Å². The first kappa shape index (κ1) is 12.4. The van der Waals surface area contributed by atoms with E-state index in [1.54, 1.807) is 0 Å². The number of unbranched alkanes of at least 4 members (excludes halogenated alkanes) is 1. The van der Waals surface area contributed by atoms with Gasteiger partial charge in [-0.25, -0.2) is 5.90 Å². The predicted molar refractivity (Wildman–Crippen MR) is 49.8 cm³/mol. The summed E-state index contributed by atoms with van der Waals surface area (Å²) in [5.74, 6) is 4.67. The van der Waals surface area contributed by atoms with E-state index in [0.717, 1.165) is 12.8 Å². The van der Waals surface area contributed by atoms with Gasteiger partial charge in [-0.1, -0.05) is 0 Å². The van der Waals surface area contributed by atoms with E-state index in [4.69, 9.17) is 10.6 Å². The maximum Gasteiger partial charge on any atom is 0.306 e. The molecule has 0 fully saturated rings. The molecular weight excluding hydrogens is 170 g/mol. The van der Waals surface area contributed by atoms with Crippen LogP contribution in [0.5, 0.6) is 0 Å². The maximum absolute atomic E-state index is 11.1. The number of nitrogens with two attached hydrogens (primary N) is 1. The summed E-state index contributed by atoms with van der Waals surface area (Å²) in [7, 11) is 0. The van der Waals surface area contributed by atoms with Gasteiger partial charge in [-0.15, -0.1) is 0 Å². The van der Waals surface area contributed by atoms with Crippen LogP contribution in [-0.4, -0.2) is 18.2 Å². The highest BCUT2D eigenvalue weighted by Gasteiger charge is 2.15. The Morgan fingerprint density at radius 1 is 1.31 bits per heavy atom. The third kappa shape index (κ3) is 9.30. The lowest BCUT2D eigenvalue weighted by molar-refractivity contribution is -0.154. The SMILES string of the molecule is CC(C)(C)OC(=O)CCCCON. The highest BCUT2D eigenvalue weighted by Crippen LogP contribution is 2.09. The molecule has 0 aliphatic carbocycles. The molecule has 4 heteroatoms. The molecule has 2 N–H and O–H groups in total. The minimum Gasteiger partial charge on any atom is -0.460 e. The second-order valence-electron chi connectivity index (χ2n) is 3.91. The molecule has 0 aromatic carbocycles. The zero-order valence-electron chi connectivity index (χ0n) is 8.63. The molecule has 0 spiro atoms. The van der Waals surface area contributed by atoms with Crippen molar-refractivity contribution in [3.63, 3.8) is 0 Å². The first-order valence-corrected chi connectivity index (χ1v) is 4.49. The smallest absolute Gasteiger partial charge is 0.306 e. The predicted octanol–water partition coefficient (Wildman–Crippen LogP) is 1.39. The van der Waals surface area contributed by atoms with Crippen LogP contribution in [0, 0.1) is 0 Å². The molecular formula is C9H19NO3. The molecule has 0 aromatic heterocycles. The Morgan fingerprint density at radius 3 is 2.38 bits per heavy atom. The molecule has 0 unspecified atom stereocenters. The molecule has 0 rings (SSSR count). The van der Waals surface area contributed by atoms with Gasteiger partial charge in [0.15, 0.2) is 0 Å². The molecule has 0 radical (unpaired) electrons. The molecule has 0 saturated carbocycles. The fraction of sp³-hybridized carbons (Fsp3) is 0.889. The quantitative estimate of drug-likeness (QED) is 0.403. The molecule has 0 heterocycles. The highest BCUT2D eigenvalue weighted by atomic mass is 16.6. The number of carbonyl (C=O) groups is 1. The summed E-state index contributed by atoms with van der Waals surface area (Å²) in [4.78, 5) is 15.5. The van der Waals surface area contributed by atoms with Gasteiger partial charge in [0.1, 0.15) is 5.60 Å². The average Bonchev–Trinajstić information content (AvgIpc) is 1.94. The van der Waals surface area contributed by atoms with Gasteiger partial charge in [0, 0.05) is 6.42 Å². The van der Waals surface area contributed by atoms with Crippen molar-refractivity contribution >= 4 is 5.97 Å². The summed E-state index contributed by atoms with van der Waals surface area (Å²) < 4.78 is 5.11. The number of carbonyl (C=O) groups excluding carboxylic acids is 1. The lowest BCUT2D eigenvalue weighted by atomic mass is 10.2. The van der Waals surface area contributed by atoms with Gasteiger partial charge in [0.2, 0.25) is 0 Å². The summed E-state index contributed by atoms with van der Waals surface area (Å²) >= 11 is 0. The number of esters is 1. The summed E-state index contributed by atoms with van der Waals surface area (Å²) in [5.41, 5.74) is -0.387. The van der Waals surface area contributed by atoms with Gasteiger partial charge in [-0.05, 0) is 33.6 Å². The van der Waals surface area contributed by atoms with Crippen LogP contribution in [-0.2, 0) is 14.4 Å². The average molecular weight is 189 g/mol. The fourth-order valence-corrected chi connectivity index (χ4v) is 0.847. The Labute approximate surface area is 79.3 Å². The van der Waals surface area contributed by atoms with Gasteiger partial charge in [-0.2, -0.15) is 0 Å².